The molecular formula is C25H35N3O2. The number of carbonyl (C=O) groups excluding carboxylic acids is 1. The van der Waals surface area contributed by atoms with E-state index >= 15 is 0 Å². The van der Waals surface area contributed by atoms with Gasteiger partial charge in [-0.3, -0.25) is 15.1 Å². The monoisotopic (exact) mass is 409 g/mol. The highest BCUT2D eigenvalue weighted by molar-refractivity contribution is 6.00. The first-order valence-corrected chi connectivity index (χ1v) is 10.6. The molecule has 5 nitrogen and oxygen atoms in total. The van der Waals surface area contributed by atoms with Gasteiger partial charge < -0.3 is 10.1 Å². The SMILES string of the molecule is CC/C=C/CC(C)C=N.N=CN(C(=O)c1ccccccccc1)C1CCOCC1. The Bertz CT molecular complexity index is 701. The van der Waals surface area contributed by atoms with E-state index in [9.17, 15) is 4.79 Å². The Hall–Kier alpha value is -2.79. The Labute approximate surface area is 181 Å². The van der Waals surface area contributed by atoms with E-state index in [0.717, 1.165) is 32.0 Å². The van der Waals surface area contributed by atoms with Crippen molar-refractivity contribution in [3.63, 3.8) is 0 Å². The summed E-state index contributed by atoms with van der Waals surface area (Å²) in [6.07, 6.45) is 10.6. The van der Waals surface area contributed by atoms with Gasteiger partial charge in [0, 0.05) is 24.8 Å². The van der Waals surface area contributed by atoms with Crippen LogP contribution in [0.1, 0.15) is 49.9 Å². The fourth-order valence-electron chi connectivity index (χ4n) is 2.83. The minimum Gasteiger partial charge on any atom is -0.381 e. The van der Waals surface area contributed by atoms with Crippen molar-refractivity contribution in [3.8, 4) is 0 Å². The smallest absolute Gasteiger partial charge is 0.259 e. The van der Waals surface area contributed by atoms with E-state index in [0.29, 0.717) is 24.7 Å². The fourth-order valence-corrected chi connectivity index (χ4v) is 2.83. The minimum absolute atomic E-state index is 0.0490. The average molecular weight is 410 g/mol. The molecule has 1 aliphatic heterocycles. The summed E-state index contributed by atoms with van der Waals surface area (Å²) in [5.41, 5.74) is 0.571. The van der Waals surface area contributed by atoms with Crippen LogP contribution in [0.3, 0.4) is 0 Å². The molecule has 30 heavy (non-hydrogen) atoms. The van der Waals surface area contributed by atoms with Gasteiger partial charge in [-0.2, -0.15) is 0 Å². The molecule has 0 aliphatic carbocycles. The second-order valence-electron chi connectivity index (χ2n) is 7.08. The number of hydrogen-bond acceptors (Lipinski definition) is 4. The molecule has 0 spiro atoms. The molecule has 1 fully saturated rings. The summed E-state index contributed by atoms with van der Waals surface area (Å²) in [7, 11) is 0. The first-order chi connectivity index (χ1) is 14.6. The number of carbonyl (C=O) groups is 1. The van der Waals surface area contributed by atoms with Gasteiger partial charge in [0.25, 0.3) is 5.91 Å². The molecule has 2 rings (SSSR count). The lowest BCUT2D eigenvalue weighted by atomic mass is 10.1. The fraction of sp³-hybridized carbons (Fsp3) is 0.400. The van der Waals surface area contributed by atoms with Gasteiger partial charge in [0.05, 0.1) is 6.34 Å². The third kappa shape index (κ3) is 10.1. The first kappa shape index (κ1) is 25.2. The van der Waals surface area contributed by atoms with Gasteiger partial charge in [0.15, 0.2) is 0 Å². The third-order valence-corrected chi connectivity index (χ3v) is 4.62. The van der Waals surface area contributed by atoms with Crippen LogP contribution in [-0.2, 0) is 4.74 Å². The Balaban J connectivity index is 0.000000424. The van der Waals surface area contributed by atoms with Gasteiger partial charge in [-0.25, -0.2) is 0 Å². The zero-order valence-corrected chi connectivity index (χ0v) is 18.2. The Morgan fingerprint density at radius 1 is 1.07 bits per heavy atom. The molecule has 1 unspecified atom stereocenters. The second-order valence-corrected chi connectivity index (χ2v) is 7.08. The lowest BCUT2D eigenvalue weighted by Gasteiger charge is -2.30. The van der Waals surface area contributed by atoms with Crippen LogP contribution in [0.25, 0.3) is 0 Å². The summed E-state index contributed by atoms with van der Waals surface area (Å²) in [5.74, 6) is 0.267. The molecule has 0 saturated carbocycles. The van der Waals surface area contributed by atoms with E-state index in [4.69, 9.17) is 15.6 Å². The maximum atomic E-state index is 12.6. The molecule has 1 aromatic carbocycles. The predicted octanol–water partition coefficient (Wildman–Crippen LogP) is 5.67. The van der Waals surface area contributed by atoms with Crippen molar-refractivity contribution >= 4 is 18.5 Å². The molecule has 1 heterocycles. The predicted molar refractivity (Wildman–Crippen MR) is 125 cm³/mol. The van der Waals surface area contributed by atoms with Gasteiger partial charge >= 0.3 is 0 Å². The average Bonchev–Trinajstić information content (AvgIpc) is 2.79. The van der Waals surface area contributed by atoms with E-state index in [1.54, 1.807) is 12.1 Å². The zero-order chi connectivity index (χ0) is 22.0. The topological polar surface area (TPSA) is 77.2 Å². The summed E-state index contributed by atoms with van der Waals surface area (Å²) in [6, 6.07) is 16.7. The summed E-state index contributed by atoms with van der Waals surface area (Å²) in [5, 5.41) is 14.5. The molecule has 0 aromatic heterocycles. The standard InChI is InChI=1S/C17H20N2O2.C8H15N/c18-14-19(16-10-12-21-13-11-16)17(20)15-8-6-4-2-1-3-5-7-9-15;1-3-4-5-6-8(2)7-9/h1-9,14,16,18H,10-13H2;4-5,7-9H,3,6H2,1-2H3/b;5-4+,9-7?. The molecule has 1 aromatic rings. The van der Waals surface area contributed by atoms with E-state index in [-0.39, 0.29) is 11.9 Å². The minimum atomic E-state index is -0.143. The van der Waals surface area contributed by atoms with Gasteiger partial charge in [-0.1, -0.05) is 68.5 Å². The highest BCUT2D eigenvalue weighted by Gasteiger charge is 2.24. The molecule has 5 heteroatoms. The van der Waals surface area contributed by atoms with Crippen LogP contribution in [0.15, 0.2) is 66.7 Å². The molecule has 1 saturated heterocycles. The van der Waals surface area contributed by atoms with E-state index in [2.05, 4.69) is 19.1 Å². The molecule has 2 N–H and O–H groups in total. The molecule has 0 radical (unpaired) electrons. The number of allylic oxidation sites excluding steroid dienone is 2. The number of rotatable bonds is 7. The maximum Gasteiger partial charge on any atom is 0.259 e. The lowest BCUT2D eigenvalue weighted by molar-refractivity contribution is 0.0474. The molecular weight excluding hydrogens is 374 g/mol. The number of ether oxygens (including phenoxy) is 1. The largest absolute Gasteiger partial charge is 0.381 e. The quantitative estimate of drug-likeness (QED) is 0.346. The van der Waals surface area contributed by atoms with Gasteiger partial charge in [-0.15, -0.1) is 0 Å². The van der Waals surface area contributed by atoms with Gasteiger partial charge in [-0.05, 0) is 49.9 Å². The Morgan fingerprint density at radius 2 is 1.63 bits per heavy atom. The van der Waals surface area contributed by atoms with Crippen molar-refractivity contribution in [1.29, 1.82) is 10.8 Å². The van der Waals surface area contributed by atoms with Crippen LogP contribution < -0.4 is 0 Å². The molecule has 162 valence electrons. The summed E-state index contributed by atoms with van der Waals surface area (Å²) < 4.78 is 5.32. The van der Waals surface area contributed by atoms with Crippen LogP contribution in [-0.4, -0.2) is 42.6 Å². The second kappa shape index (κ2) is 16.1. The van der Waals surface area contributed by atoms with Crippen LogP contribution in [0.2, 0.25) is 0 Å². The number of nitrogens with one attached hydrogen (secondary N) is 2. The van der Waals surface area contributed by atoms with Crippen molar-refractivity contribution in [2.24, 2.45) is 5.92 Å². The normalized spacial score (nSPS) is 14.6. The van der Waals surface area contributed by atoms with Crippen LogP contribution >= 0.6 is 0 Å². The molecule has 1 aliphatic rings. The van der Waals surface area contributed by atoms with Crippen molar-refractivity contribution < 1.29 is 9.53 Å². The first-order valence-electron chi connectivity index (χ1n) is 10.6. The van der Waals surface area contributed by atoms with Crippen LogP contribution in [0.5, 0.6) is 0 Å². The van der Waals surface area contributed by atoms with E-state index in [1.807, 2.05) is 49.4 Å². The lowest BCUT2D eigenvalue weighted by Crippen LogP contribution is -2.42. The van der Waals surface area contributed by atoms with Gasteiger partial charge in [0.1, 0.15) is 0 Å². The van der Waals surface area contributed by atoms with Crippen LogP contribution in [0.4, 0.5) is 0 Å². The van der Waals surface area contributed by atoms with Crippen molar-refractivity contribution in [2.75, 3.05) is 13.2 Å². The van der Waals surface area contributed by atoms with E-state index < -0.39 is 0 Å². The number of nitrogens with zero attached hydrogens (tertiary/aromatic N) is 1. The number of amides is 1. The Kier molecular flexibility index (Phi) is 13.5. The molecule has 1 amide bonds. The Morgan fingerprint density at radius 3 is 2.13 bits per heavy atom. The summed E-state index contributed by atoms with van der Waals surface area (Å²) in [6.45, 7) is 5.45. The highest BCUT2D eigenvalue weighted by Crippen LogP contribution is 2.15. The third-order valence-electron chi connectivity index (χ3n) is 4.62. The molecule has 1 atom stereocenters. The zero-order valence-electron chi connectivity index (χ0n) is 18.2. The van der Waals surface area contributed by atoms with Gasteiger partial charge in [0.2, 0.25) is 0 Å². The van der Waals surface area contributed by atoms with Crippen molar-refractivity contribution in [2.45, 2.75) is 45.6 Å². The summed E-state index contributed by atoms with van der Waals surface area (Å²) >= 11 is 0. The molecule has 0 bridgehead atoms. The van der Waals surface area contributed by atoms with E-state index in [1.165, 1.54) is 11.1 Å². The van der Waals surface area contributed by atoms with Crippen molar-refractivity contribution in [1.82, 2.24) is 4.90 Å². The summed E-state index contributed by atoms with van der Waals surface area (Å²) in [4.78, 5) is 14.1. The maximum absolute atomic E-state index is 12.6. The highest BCUT2D eigenvalue weighted by atomic mass is 16.5. The van der Waals surface area contributed by atoms with Crippen molar-refractivity contribution in [3.05, 3.63) is 72.3 Å². The van der Waals surface area contributed by atoms with Crippen LogP contribution in [0, 0.1) is 16.7 Å². The number of hydrogen-bond donors (Lipinski definition) is 2.